The van der Waals surface area contributed by atoms with Crippen LogP contribution in [-0.4, -0.2) is 42.3 Å². The zero-order chi connectivity index (χ0) is 17.6. The van der Waals surface area contributed by atoms with Crippen molar-refractivity contribution >= 4 is 0 Å². The van der Waals surface area contributed by atoms with E-state index in [1.807, 2.05) is 24.3 Å². The van der Waals surface area contributed by atoms with Crippen molar-refractivity contribution in [1.29, 1.82) is 0 Å². The molecular weight excluding hydrogens is 312 g/mol. The largest absolute Gasteiger partial charge is 0.497 e. The number of ether oxygens (including phenoxy) is 1. The van der Waals surface area contributed by atoms with Crippen molar-refractivity contribution in [3.63, 3.8) is 0 Å². The molecule has 0 bridgehead atoms. The summed E-state index contributed by atoms with van der Waals surface area (Å²) < 4.78 is 5.23. The van der Waals surface area contributed by atoms with E-state index in [9.17, 15) is 5.11 Å². The van der Waals surface area contributed by atoms with Gasteiger partial charge in [0.15, 0.2) is 0 Å². The van der Waals surface area contributed by atoms with E-state index in [0.29, 0.717) is 18.6 Å². The lowest BCUT2D eigenvalue weighted by Gasteiger charge is -2.21. The van der Waals surface area contributed by atoms with Crippen molar-refractivity contribution < 1.29 is 9.84 Å². The number of methoxy groups -OCH3 is 1. The zero-order valence-electron chi connectivity index (χ0n) is 15.1. The Bertz CT molecular complexity index is 662. The summed E-state index contributed by atoms with van der Waals surface area (Å²) in [4.78, 5) is 2.50. The molecule has 0 saturated carbocycles. The standard InChI is InChI=1S/C21H28N2O2/c1-16-11-19(15-23(16)14-17-7-4-3-5-8-17)22-13-21(24)18-9-6-10-20(12-18)25-2/h3-10,12,16,19,21-22,24H,11,13-15H2,1-2H3. The molecule has 2 N–H and O–H groups in total. The Kier molecular flexibility index (Phi) is 6.08. The van der Waals surface area contributed by atoms with Gasteiger partial charge in [0.25, 0.3) is 0 Å². The second kappa shape index (κ2) is 8.48. The highest BCUT2D eigenvalue weighted by Gasteiger charge is 2.29. The second-order valence-corrected chi connectivity index (χ2v) is 6.90. The van der Waals surface area contributed by atoms with Crippen molar-refractivity contribution in [3.8, 4) is 5.75 Å². The highest BCUT2D eigenvalue weighted by atomic mass is 16.5. The molecule has 1 heterocycles. The number of rotatable bonds is 7. The molecule has 3 atom stereocenters. The van der Waals surface area contributed by atoms with Gasteiger partial charge in [0.1, 0.15) is 5.75 Å². The number of nitrogens with zero attached hydrogens (tertiary/aromatic N) is 1. The van der Waals surface area contributed by atoms with E-state index < -0.39 is 6.10 Å². The topological polar surface area (TPSA) is 44.7 Å². The van der Waals surface area contributed by atoms with Crippen LogP contribution in [0.1, 0.15) is 30.6 Å². The normalized spacial score (nSPS) is 22.0. The number of aliphatic hydroxyl groups is 1. The lowest BCUT2D eigenvalue weighted by Crippen LogP contribution is -2.35. The number of hydrogen-bond donors (Lipinski definition) is 2. The van der Waals surface area contributed by atoms with Crippen LogP contribution in [0.4, 0.5) is 0 Å². The molecule has 3 rings (SSSR count). The zero-order valence-corrected chi connectivity index (χ0v) is 15.1. The smallest absolute Gasteiger partial charge is 0.119 e. The molecule has 1 fully saturated rings. The highest BCUT2D eigenvalue weighted by molar-refractivity contribution is 5.30. The molecule has 0 aromatic heterocycles. The Hall–Kier alpha value is -1.88. The second-order valence-electron chi connectivity index (χ2n) is 6.90. The third kappa shape index (κ3) is 4.82. The molecule has 1 saturated heterocycles. The molecule has 0 spiro atoms. The molecule has 4 nitrogen and oxygen atoms in total. The van der Waals surface area contributed by atoms with Crippen LogP contribution in [0.25, 0.3) is 0 Å². The molecule has 0 aliphatic carbocycles. The van der Waals surface area contributed by atoms with Gasteiger partial charge in [0.05, 0.1) is 13.2 Å². The van der Waals surface area contributed by atoms with Gasteiger partial charge in [-0.1, -0.05) is 42.5 Å². The van der Waals surface area contributed by atoms with E-state index in [2.05, 4.69) is 47.5 Å². The van der Waals surface area contributed by atoms with E-state index in [4.69, 9.17) is 4.74 Å². The van der Waals surface area contributed by atoms with E-state index in [1.165, 1.54) is 5.56 Å². The van der Waals surface area contributed by atoms with Crippen molar-refractivity contribution in [2.75, 3.05) is 20.2 Å². The van der Waals surface area contributed by atoms with Crippen molar-refractivity contribution in [1.82, 2.24) is 10.2 Å². The van der Waals surface area contributed by atoms with Gasteiger partial charge in [-0.15, -0.1) is 0 Å². The number of nitrogens with one attached hydrogen (secondary N) is 1. The van der Waals surface area contributed by atoms with Crippen molar-refractivity contribution in [2.45, 2.75) is 38.1 Å². The highest BCUT2D eigenvalue weighted by Crippen LogP contribution is 2.22. The average molecular weight is 340 g/mol. The van der Waals surface area contributed by atoms with Crippen LogP contribution in [0.2, 0.25) is 0 Å². The van der Waals surface area contributed by atoms with Crippen molar-refractivity contribution in [3.05, 3.63) is 65.7 Å². The van der Waals surface area contributed by atoms with Crippen LogP contribution in [0, 0.1) is 0 Å². The molecule has 4 heteroatoms. The maximum Gasteiger partial charge on any atom is 0.119 e. The monoisotopic (exact) mass is 340 g/mol. The number of likely N-dealkylation sites (tertiary alicyclic amines) is 1. The third-order valence-electron chi connectivity index (χ3n) is 5.01. The fraction of sp³-hybridized carbons (Fsp3) is 0.429. The molecular formula is C21H28N2O2. The number of hydrogen-bond acceptors (Lipinski definition) is 4. The van der Waals surface area contributed by atoms with Crippen LogP contribution in [-0.2, 0) is 6.54 Å². The maximum atomic E-state index is 10.4. The van der Waals surface area contributed by atoms with E-state index in [1.54, 1.807) is 7.11 Å². The van der Waals surface area contributed by atoms with Gasteiger partial charge in [-0.2, -0.15) is 0 Å². The van der Waals surface area contributed by atoms with Gasteiger partial charge in [0.2, 0.25) is 0 Å². The summed E-state index contributed by atoms with van der Waals surface area (Å²) in [6, 6.07) is 19.2. The SMILES string of the molecule is COc1cccc(C(O)CNC2CC(C)N(Cc3ccccc3)C2)c1. The van der Waals surface area contributed by atoms with Gasteiger partial charge in [-0.3, -0.25) is 4.90 Å². The van der Waals surface area contributed by atoms with Crippen LogP contribution >= 0.6 is 0 Å². The van der Waals surface area contributed by atoms with E-state index in [0.717, 1.165) is 30.8 Å². The Morgan fingerprint density at radius 3 is 2.76 bits per heavy atom. The third-order valence-corrected chi connectivity index (χ3v) is 5.01. The molecule has 2 aromatic carbocycles. The molecule has 3 unspecified atom stereocenters. The minimum atomic E-state index is -0.520. The van der Waals surface area contributed by atoms with Crippen molar-refractivity contribution in [2.24, 2.45) is 0 Å². The summed E-state index contributed by atoms with van der Waals surface area (Å²) in [7, 11) is 1.64. The molecule has 0 amide bonds. The summed E-state index contributed by atoms with van der Waals surface area (Å²) in [5.41, 5.74) is 2.24. The lowest BCUT2D eigenvalue weighted by molar-refractivity contribution is 0.169. The Morgan fingerprint density at radius 2 is 2.00 bits per heavy atom. The summed E-state index contributed by atoms with van der Waals surface area (Å²) in [6.07, 6.45) is 0.589. The van der Waals surface area contributed by atoms with E-state index >= 15 is 0 Å². The summed E-state index contributed by atoms with van der Waals surface area (Å²) in [5.74, 6) is 0.778. The molecule has 25 heavy (non-hydrogen) atoms. The quantitative estimate of drug-likeness (QED) is 0.813. The Balaban J connectivity index is 1.50. The van der Waals surface area contributed by atoms with Gasteiger partial charge in [-0.05, 0) is 36.6 Å². The van der Waals surface area contributed by atoms with Gasteiger partial charge in [0, 0.05) is 31.7 Å². The van der Waals surface area contributed by atoms with Crippen LogP contribution in [0.5, 0.6) is 5.75 Å². The Morgan fingerprint density at radius 1 is 1.20 bits per heavy atom. The fourth-order valence-electron chi connectivity index (χ4n) is 3.53. The molecule has 0 radical (unpaired) electrons. The molecule has 2 aromatic rings. The van der Waals surface area contributed by atoms with E-state index in [-0.39, 0.29) is 0 Å². The summed E-state index contributed by atoms with van der Waals surface area (Å²) in [5, 5.41) is 14.0. The van der Waals surface area contributed by atoms with Crippen LogP contribution < -0.4 is 10.1 Å². The minimum absolute atomic E-state index is 0.416. The molecule has 134 valence electrons. The summed E-state index contributed by atoms with van der Waals surface area (Å²) in [6.45, 7) is 4.84. The fourth-order valence-corrected chi connectivity index (χ4v) is 3.53. The molecule has 1 aliphatic rings. The van der Waals surface area contributed by atoms with Gasteiger partial charge < -0.3 is 15.2 Å². The maximum absolute atomic E-state index is 10.4. The first-order chi connectivity index (χ1) is 12.2. The first-order valence-corrected chi connectivity index (χ1v) is 8.99. The first-order valence-electron chi connectivity index (χ1n) is 8.99. The lowest BCUT2D eigenvalue weighted by atomic mass is 10.1. The minimum Gasteiger partial charge on any atom is -0.497 e. The summed E-state index contributed by atoms with van der Waals surface area (Å²) >= 11 is 0. The molecule has 1 aliphatic heterocycles. The van der Waals surface area contributed by atoms with Gasteiger partial charge >= 0.3 is 0 Å². The Labute approximate surface area is 150 Å². The first kappa shape index (κ1) is 17.9. The number of benzene rings is 2. The number of aliphatic hydroxyl groups excluding tert-OH is 1. The van der Waals surface area contributed by atoms with Crippen LogP contribution in [0.3, 0.4) is 0 Å². The van der Waals surface area contributed by atoms with Gasteiger partial charge in [-0.25, -0.2) is 0 Å². The predicted octanol–water partition coefficient (Wildman–Crippen LogP) is 2.98. The van der Waals surface area contributed by atoms with Crippen LogP contribution in [0.15, 0.2) is 54.6 Å². The predicted molar refractivity (Wildman–Crippen MR) is 101 cm³/mol. The average Bonchev–Trinajstić information content (AvgIpc) is 3.00.